The number of aryl methyl sites for hydroxylation is 1. The number of ketones is 1. The maximum Gasteiger partial charge on any atom is 0.264 e. The molecule has 0 aliphatic carbocycles. The van der Waals surface area contributed by atoms with Crippen LogP contribution in [0.2, 0.25) is 0 Å². The van der Waals surface area contributed by atoms with Crippen molar-refractivity contribution >= 4 is 33.9 Å². The first-order valence-electron chi connectivity index (χ1n) is 8.89. The molecule has 0 aliphatic heterocycles. The Bertz CT molecular complexity index is 1340. The van der Waals surface area contributed by atoms with Gasteiger partial charge in [-0.2, -0.15) is 0 Å². The van der Waals surface area contributed by atoms with Crippen LogP contribution in [-0.2, 0) is 13.6 Å². The van der Waals surface area contributed by atoms with Crippen LogP contribution in [0.1, 0.15) is 20.8 Å². The summed E-state index contributed by atoms with van der Waals surface area (Å²) in [6, 6.07) is 12.6. The van der Waals surface area contributed by atoms with Gasteiger partial charge in [0.25, 0.3) is 5.56 Å². The summed E-state index contributed by atoms with van der Waals surface area (Å²) in [5.74, 6) is -0.649. The number of aromatic nitrogens is 2. The summed E-state index contributed by atoms with van der Waals surface area (Å²) >= 11 is 0. The van der Waals surface area contributed by atoms with Crippen LogP contribution in [0.5, 0.6) is 5.75 Å². The van der Waals surface area contributed by atoms with Gasteiger partial charge in [0.1, 0.15) is 16.9 Å². The van der Waals surface area contributed by atoms with Gasteiger partial charge in [0.05, 0.1) is 24.7 Å². The van der Waals surface area contributed by atoms with Crippen molar-refractivity contribution < 1.29 is 18.7 Å². The molecule has 2 aromatic carbocycles. The summed E-state index contributed by atoms with van der Waals surface area (Å²) < 4.78 is 22.2. The second-order valence-electron chi connectivity index (χ2n) is 6.66. The van der Waals surface area contributed by atoms with Crippen LogP contribution in [0.15, 0.2) is 53.3 Å². The van der Waals surface area contributed by atoms with Gasteiger partial charge in [-0.05, 0) is 18.2 Å². The number of Topliss-reactive ketones (excluding diaryl/α,β-unsaturated/α-hetero) is 1. The minimum atomic E-state index is -0.494. The summed E-state index contributed by atoms with van der Waals surface area (Å²) in [6.45, 7) is -0.227. The van der Waals surface area contributed by atoms with Gasteiger partial charge in [0, 0.05) is 18.0 Å². The molecule has 0 aliphatic rings. The second-order valence-corrected chi connectivity index (χ2v) is 6.66. The monoisotopic (exact) mass is 392 g/mol. The molecule has 2 heterocycles. The van der Waals surface area contributed by atoms with Crippen molar-refractivity contribution in [3.63, 3.8) is 0 Å². The van der Waals surface area contributed by atoms with Gasteiger partial charge in [-0.1, -0.05) is 30.3 Å². The largest absolute Gasteiger partial charge is 0.494 e. The van der Waals surface area contributed by atoms with E-state index in [9.17, 15) is 18.8 Å². The summed E-state index contributed by atoms with van der Waals surface area (Å²) in [6.07, 6.45) is 0.586. The van der Waals surface area contributed by atoms with E-state index >= 15 is 0 Å². The molecule has 0 amide bonds. The van der Waals surface area contributed by atoms with E-state index in [4.69, 9.17) is 4.74 Å². The van der Waals surface area contributed by atoms with Crippen molar-refractivity contribution in [2.24, 2.45) is 7.05 Å². The average molecular weight is 392 g/mol. The molecule has 0 atom stereocenters. The number of carbonyl (C=O) groups is 2. The molecule has 0 spiro atoms. The fraction of sp³-hybridized carbons (Fsp3) is 0.136. The molecule has 6 nitrogen and oxygen atoms in total. The topological polar surface area (TPSA) is 70.3 Å². The van der Waals surface area contributed by atoms with Crippen molar-refractivity contribution in [2.75, 3.05) is 7.11 Å². The number of hydrogen-bond acceptors (Lipinski definition) is 4. The second kappa shape index (κ2) is 7.01. The lowest BCUT2D eigenvalue weighted by atomic mass is 10.1. The Kier molecular flexibility index (Phi) is 4.50. The molecule has 146 valence electrons. The first kappa shape index (κ1) is 18.6. The lowest BCUT2D eigenvalue weighted by Crippen LogP contribution is -2.25. The summed E-state index contributed by atoms with van der Waals surface area (Å²) in [5.41, 5.74) is 0.922. The number of carbonyl (C=O) groups excluding carboxylic acids is 2. The summed E-state index contributed by atoms with van der Waals surface area (Å²) in [5, 5.41) is 0.547. The van der Waals surface area contributed by atoms with Crippen LogP contribution < -0.4 is 10.3 Å². The number of aldehydes is 1. The molecule has 4 rings (SSSR count). The third kappa shape index (κ3) is 2.82. The lowest BCUT2D eigenvalue weighted by Gasteiger charge is -2.12. The Morgan fingerprint density at radius 2 is 1.90 bits per heavy atom. The van der Waals surface area contributed by atoms with Gasteiger partial charge >= 0.3 is 0 Å². The maximum absolute atomic E-state index is 14.1. The van der Waals surface area contributed by atoms with Crippen molar-refractivity contribution in [1.82, 2.24) is 9.13 Å². The molecule has 0 fully saturated rings. The molecule has 0 unspecified atom stereocenters. The molecular formula is C22H17FN2O4. The van der Waals surface area contributed by atoms with Crippen LogP contribution >= 0.6 is 0 Å². The fourth-order valence-electron chi connectivity index (χ4n) is 3.72. The number of methoxy groups -OCH3 is 1. The first-order chi connectivity index (χ1) is 14.0. The molecular weight excluding hydrogens is 375 g/mol. The van der Waals surface area contributed by atoms with Gasteiger partial charge in [0.15, 0.2) is 17.8 Å². The smallest absolute Gasteiger partial charge is 0.264 e. The number of ether oxygens (including phenoxy) is 1. The van der Waals surface area contributed by atoms with Gasteiger partial charge in [-0.3, -0.25) is 19.0 Å². The molecule has 0 saturated carbocycles. The number of rotatable bonds is 5. The quantitative estimate of drug-likeness (QED) is 0.386. The summed E-state index contributed by atoms with van der Waals surface area (Å²) in [7, 11) is 2.97. The van der Waals surface area contributed by atoms with Crippen molar-refractivity contribution in [3.8, 4) is 5.75 Å². The van der Waals surface area contributed by atoms with E-state index in [1.165, 1.54) is 34.4 Å². The van der Waals surface area contributed by atoms with Crippen LogP contribution in [0.4, 0.5) is 4.39 Å². The van der Waals surface area contributed by atoms with E-state index in [0.29, 0.717) is 28.3 Å². The number of fused-ring (bicyclic) bond motifs is 3. The zero-order valence-electron chi connectivity index (χ0n) is 15.8. The molecule has 2 aromatic heterocycles. The summed E-state index contributed by atoms with van der Waals surface area (Å²) in [4.78, 5) is 37.7. The Labute approximate surface area is 164 Å². The minimum absolute atomic E-state index is 0.106. The Balaban J connectivity index is 2.09. The van der Waals surface area contributed by atoms with Crippen LogP contribution in [0.3, 0.4) is 0 Å². The molecule has 4 aromatic rings. The molecule has 29 heavy (non-hydrogen) atoms. The zero-order valence-corrected chi connectivity index (χ0v) is 15.8. The zero-order chi connectivity index (χ0) is 20.7. The molecule has 0 bridgehead atoms. The number of nitrogens with zero attached hydrogens (tertiary/aromatic N) is 2. The number of halogens is 1. The SMILES string of the molecule is COc1c(C=O)n(C)c2c1c(=O)n(CC(=O)c1ccccc1)c1ccc(F)cc21. The highest BCUT2D eigenvalue weighted by Gasteiger charge is 2.24. The third-order valence-electron chi connectivity index (χ3n) is 5.07. The van der Waals surface area contributed by atoms with E-state index < -0.39 is 11.4 Å². The van der Waals surface area contributed by atoms with Crippen LogP contribution in [-0.4, -0.2) is 28.3 Å². The minimum Gasteiger partial charge on any atom is -0.494 e. The first-order valence-corrected chi connectivity index (χ1v) is 8.89. The molecule has 7 heteroatoms. The maximum atomic E-state index is 14.1. The fourth-order valence-corrected chi connectivity index (χ4v) is 3.72. The van der Waals surface area contributed by atoms with Crippen molar-refractivity contribution in [3.05, 3.63) is 76.0 Å². The average Bonchev–Trinajstić information content (AvgIpc) is 3.03. The Morgan fingerprint density at radius 3 is 2.55 bits per heavy atom. The third-order valence-corrected chi connectivity index (χ3v) is 5.07. The van der Waals surface area contributed by atoms with Crippen LogP contribution in [0, 0.1) is 5.82 Å². The number of hydrogen-bond donors (Lipinski definition) is 0. The standard InChI is InChI=1S/C22H17FN2O4/c1-24-17(12-26)21(29-2)19-20(24)15-10-14(23)8-9-16(15)25(22(19)28)11-18(27)13-6-4-3-5-7-13/h3-10,12H,11H2,1-2H3. The van der Waals surface area contributed by atoms with Gasteiger partial charge in [-0.25, -0.2) is 4.39 Å². The number of pyridine rings is 1. The van der Waals surface area contributed by atoms with E-state index in [1.54, 1.807) is 37.4 Å². The van der Waals surface area contributed by atoms with E-state index in [1.807, 2.05) is 0 Å². The van der Waals surface area contributed by atoms with Crippen LogP contribution in [0.25, 0.3) is 21.8 Å². The molecule has 0 N–H and O–H groups in total. The van der Waals surface area contributed by atoms with E-state index in [0.717, 1.165) is 0 Å². The predicted octanol–water partition coefficient (Wildman–Crippen LogP) is 3.34. The highest BCUT2D eigenvalue weighted by atomic mass is 19.1. The molecule has 0 saturated heterocycles. The highest BCUT2D eigenvalue weighted by Crippen LogP contribution is 2.34. The molecule has 0 radical (unpaired) electrons. The lowest BCUT2D eigenvalue weighted by molar-refractivity contribution is 0.0972. The predicted molar refractivity (Wildman–Crippen MR) is 107 cm³/mol. The van der Waals surface area contributed by atoms with E-state index in [-0.39, 0.29) is 29.2 Å². The van der Waals surface area contributed by atoms with Crippen molar-refractivity contribution in [2.45, 2.75) is 6.54 Å². The normalized spacial score (nSPS) is 11.1. The Hall–Kier alpha value is -3.74. The van der Waals surface area contributed by atoms with E-state index in [2.05, 4.69) is 0 Å². The highest BCUT2D eigenvalue weighted by molar-refractivity contribution is 6.10. The van der Waals surface area contributed by atoms with Gasteiger partial charge in [0.2, 0.25) is 0 Å². The Morgan fingerprint density at radius 1 is 1.17 bits per heavy atom. The van der Waals surface area contributed by atoms with Crippen molar-refractivity contribution in [1.29, 1.82) is 0 Å². The number of benzene rings is 2. The van der Waals surface area contributed by atoms with Gasteiger partial charge in [-0.15, -0.1) is 0 Å². The van der Waals surface area contributed by atoms with Gasteiger partial charge < -0.3 is 9.30 Å².